The summed E-state index contributed by atoms with van der Waals surface area (Å²) >= 11 is 0. The molecule has 0 fully saturated rings. The second-order valence-electron chi connectivity index (χ2n) is 1.50. The van der Waals surface area contributed by atoms with Crippen LogP contribution in [0.1, 0.15) is 0 Å². The molecule has 0 saturated carbocycles. The molecule has 0 amide bonds. The molecular weight excluding hydrogens is 115 g/mol. The van der Waals surface area contributed by atoms with Crippen molar-refractivity contribution in [1.29, 1.82) is 0 Å². The summed E-state index contributed by atoms with van der Waals surface area (Å²) in [5.41, 5.74) is 0. The molecule has 30 valence electrons. The summed E-state index contributed by atoms with van der Waals surface area (Å²) < 4.78 is 0. The van der Waals surface area contributed by atoms with E-state index in [9.17, 15) is 0 Å². The maximum atomic E-state index is 2.27. The first kappa shape index (κ1) is 9.26. The first-order chi connectivity index (χ1) is 1.73. The fourth-order valence-electron chi connectivity index (χ4n) is 0. The Morgan fingerprint density at radius 1 is 1.00 bits per heavy atom. The first-order valence-corrected chi connectivity index (χ1v) is 4.50. The molecule has 0 N–H and O–H groups in total. The minimum atomic E-state index is 0. The SMILES string of the molecule is C[Si](C)C.[V]. The van der Waals surface area contributed by atoms with Crippen LogP contribution in [0.15, 0.2) is 0 Å². The van der Waals surface area contributed by atoms with E-state index in [4.69, 9.17) is 0 Å². The third-order valence-corrected chi connectivity index (χ3v) is 0. The van der Waals surface area contributed by atoms with E-state index in [2.05, 4.69) is 19.6 Å². The Kier molecular flexibility index (Phi) is 8.89. The summed E-state index contributed by atoms with van der Waals surface area (Å²) in [7, 11) is 0.120. The van der Waals surface area contributed by atoms with Crippen molar-refractivity contribution in [1.82, 2.24) is 0 Å². The van der Waals surface area contributed by atoms with Gasteiger partial charge in [0.05, 0.1) is 0 Å². The van der Waals surface area contributed by atoms with Crippen LogP contribution in [0.5, 0.6) is 0 Å². The average Bonchev–Trinajstić information content (AvgIpc) is 0.811. The summed E-state index contributed by atoms with van der Waals surface area (Å²) in [5.74, 6) is 0. The Balaban J connectivity index is 0. The van der Waals surface area contributed by atoms with Crippen molar-refractivity contribution in [2.45, 2.75) is 19.6 Å². The van der Waals surface area contributed by atoms with Crippen LogP contribution in [0.25, 0.3) is 0 Å². The van der Waals surface area contributed by atoms with Gasteiger partial charge in [0.1, 0.15) is 0 Å². The summed E-state index contributed by atoms with van der Waals surface area (Å²) in [6, 6.07) is 0. The van der Waals surface area contributed by atoms with E-state index in [-0.39, 0.29) is 27.4 Å². The fraction of sp³-hybridized carbons (Fsp3) is 1.00. The van der Waals surface area contributed by atoms with Crippen molar-refractivity contribution < 1.29 is 18.6 Å². The van der Waals surface area contributed by atoms with Crippen molar-refractivity contribution in [3.05, 3.63) is 0 Å². The van der Waals surface area contributed by atoms with Crippen LogP contribution in [0.4, 0.5) is 0 Å². The van der Waals surface area contributed by atoms with Gasteiger partial charge in [0.2, 0.25) is 0 Å². The minimum absolute atomic E-state index is 0. The van der Waals surface area contributed by atoms with E-state index in [1.165, 1.54) is 0 Å². The molecule has 0 aliphatic rings. The van der Waals surface area contributed by atoms with Crippen molar-refractivity contribution in [3.63, 3.8) is 0 Å². The molecule has 0 saturated heterocycles. The molecule has 0 aromatic rings. The zero-order chi connectivity index (χ0) is 3.58. The van der Waals surface area contributed by atoms with Crippen molar-refractivity contribution in [2.75, 3.05) is 0 Å². The zero-order valence-electron chi connectivity index (χ0n) is 3.95. The van der Waals surface area contributed by atoms with Crippen LogP contribution in [0, 0.1) is 0 Å². The Labute approximate surface area is 47.5 Å². The first-order valence-electron chi connectivity index (χ1n) is 1.50. The zero-order valence-corrected chi connectivity index (χ0v) is 6.34. The molecule has 0 spiro atoms. The standard InChI is InChI=1S/C3H9Si.V/c1-4(2)3;/h1-3H3;. The Bertz CT molecular complexity index is 11.6. The van der Waals surface area contributed by atoms with Crippen LogP contribution < -0.4 is 0 Å². The quantitative estimate of drug-likeness (QED) is 0.428. The van der Waals surface area contributed by atoms with Crippen LogP contribution in [0.3, 0.4) is 0 Å². The number of hydrogen-bond donors (Lipinski definition) is 0. The maximum absolute atomic E-state index is 2.27. The Morgan fingerprint density at radius 3 is 1.00 bits per heavy atom. The van der Waals surface area contributed by atoms with Gasteiger partial charge >= 0.3 is 0 Å². The van der Waals surface area contributed by atoms with Gasteiger partial charge in [-0.1, -0.05) is 19.6 Å². The third kappa shape index (κ3) is 58.7. The third-order valence-electron chi connectivity index (χ3n) is 0. The fourth-order valence-corrected chi connectivity index (χ4v) is 0. The predicted molar refractivity (Wildman–Crippen MR) is 23.3 cm³/mol. The number of rotatable bonds is 0. The predicted octanol–water partition coefficient (Wildman–Crippen LogP) is 1.37. The summed E-state index contributed by atoms with van der Waals surface area (Å²) in [4.78, 5) is 0. The maximum Gasteiger partial charge on any atom is 0.0379 e. The molecule has 0 rings (SSSR count). The van der Waals surface area contributed by atoms with Gasteiger partial charge in [0.25, 0.3) is 0 Å². The summed E-state index contributed by atoms with van der Waals surface area (Å²) in [5, 5.41) is 0. The van der Waals surface area contributed by atoms with Gasteiger partial charge < -0.3 is 0 Å². The topological polar surface area (TPSA) is 0 Å². The Morgan fingerprint density at radius 2 is 1.00 bits per heavy atom. The van der Waals surface area contributed by atoms with Crippen LogP contribution in [0.2, 0.25) is 19.6 Å². The molecule has 0 heterocycles. The minimum Gasteiger partial charge on any atom is -0.0715 e. The van der Waals surface area contributed by atoms with Crippen molar-refractivity contribution >= 4 is 8.80 Å². The summed E-state index contributed by atoms with van der Waals surface area (Å²) in [6.07, 6.45) is 0. The Hall–Kier alpha value is 0.801. The van der Waals surface area contributed by atoms with E-state index in [0.29, 0.717) is 0 Å². The largest absolute Gasteiger partial charge is 0.0715 e. The average molecular weight is 124 g/mol. The molecule has 0 aromatic carbocycles. The van der Waals surface area contributed by atoms with E-state index >= 15 is 0 Å². The van der Waals surface area contributed by atoms with Gasteiger partial charge in [-0.3, -0.25) is 0 Å². The number of hydrogen-bond acceptors (Lipinski definition) is 0. The molecule has 5 heavy (non-hydrogen) atoms. The van der Waals surface area contributed by atoms with Gasteiger partial charge in [0, 0.05) is 27.4 Å². The molecule has 0 bridgehead atoms. The molecule has 0 unspecified atom stereocenters. The molecule has 0 aliphatic carbocycles. The smallest absolute Gasteiger partial charge is 0.0379 e. The normalized spacial score (nSPS) is 7.20. The van der Waals surface area contributed by atoms with Crippen molar-refractivity contribution in [2.24, 2.45) is 0 Å². The molecule has 2 radical (unpaired) electrons. The monoisotopic (exact) mass is 124 g/mol. The van der Waals surface area contributed by atoms with Gasteiger partial charge in [-0.15, -0.1) is 0 Å². The second-order valence-corrected chi connectivity index (χ2v) is 4.50. The van der Waals surface area contributed by atoms with E-state index < -0.39 is 0 Å². The second kappa shape index (κ2) is 4.80. The van der Waals surface area contributed by atoms with Gasteiger partial charge in [-0.25, -0.2) is 0 Å². The van der Waals surface area contributed by atoms with Gasteiger partial charge in [-0.05, 0) is 0 Å². The van der Waals surface area contributed by atoms with E-state index in [1.54, 1.807) is 0 Å². The van der Waals surface area contributed by atoms with Crippen LogP contribution in [-0.4, -0.2) is 8.80 Å². The van der Waals surface area contributed by atoms with E-state index in [1.807, 2.05) is 0 Å². The van der Waals surface area contributed by atoms with E-state index in [0.717, 1.165) is 0 Å². The van der Waals surface area contributed by atoms with Crippen LogP contribution >= 0.6 is 0 Å². The molecular formula is C3H9SiV. The van der Waals surface area contributed by atoms with Gasteiger partial charge in [-0.2, -0.15) is 0 Å². The molecule has 0 aromatic heterocycles. The molecule has 0 aliphatic heterocycles. The molecule has 0 nitrogen and oxygen atoms in total. The van der Waals surface area contributed by atoms with Crippen molar-refractivity contribution in [3.8, 4) is 0 Å². The summed E-state index contributed by atoms with van der Waals surface area (Å²) in [6.45, 7) is 6.81. The van der Waals surface area contributed by atoms with Crippen LogP contribution in [-0.2, 0) is 18.6 Å². The molecule has 2 heteroatoms. The molecule has 0 atom stereocenters. The van der Waals surface area contributed by atoms with Gasteiger partial charge in [0.15, 0.2) is 0 Å².